The normalized spacial score (nSPS) is 12.2. The van der Waals surface area contributed by atoms with Crippen molar-refractivity contribution in [3.05, 3.63) is 78.1 Å². The Bertz CT molecular complexity index is 788. The summed E-state index contributed by atoms with van der Waals surface area (Å²) in [4.78, 5) is 13.7. The van der Waals surface area contributed by atoms with Gasteiger partial charge in [-0.05, 0) is 48.5 Å². The van der Waals surface area contributed by atoms with Crippen molar-refractivity contribution in [1.82, 2.24) is 4.90 Å². The number of aliphatic hydroxyl groups excluding tert-OH is 1. The van der Waals surface area contributed by atoms with Crippen molar-refractivity contribution in [2.45, 2.75) is 32.5 Å². The first-order chi connectivity index (χ1) is 13.6. The molecule has 0 spiro atoms. The minimum absolute atomic E-state index is 0.0954. The van der Waals surface area contributed by atoms with E-state index in [0.29, 0.717) is 37.4 Å². The van der Waals surface area contributed by atoms with Gasteiger partial charge in [-0.1, -0.05) is 6.92 Å². The van der Waals surface area contributed by atoms with Crippen molar-refractivity contribution in [3.8, 4) is 5.75 Å². The van der Waals surface area contributed by atoms with Gasteiger partial charge in [0.2, 0.25) is 0 Å². The average molecular weight is 383 g/mol. The molecule has 6 nitrogen and oxygen atoms in total. The molecule has 0 radical (unpaired) electrons. The van der Waals surface area contributed by atoms with Gasteiger partial charge >= 0.3 is 0 Å². The lowest BCUT2D eigenvalue weighted by molar-refractivity contribution is 0.0580. The van der Waals surface area contributed by atoms with E-state index in [1.807, 2.05) is 36.1 Å². The SMILES string of the molecule is CCC(=O)c1ccc(OCC(O)CN(Cc2ccco2)Cc2ccco2)cc1. The van der Waals surface area contributed by atoms with Gasteiger partial charge in [0.05, 0.1) is 25.6 Å². The van der Waals surface area contributed by atoms with Gasteiger partial charge in [0.15, 0.2) is 5.78 Å². The van der Waals surface area contributed by atoms with Gasteiger partial charge in [-0.2, -0.15) is 0 Å². The lowest BCUT2D eigenvalue weighted by Crippen LogP contribution is -2.34. The van der Waals surface area contributed by atoms with E-state index >= 15 is 0 Å². The highest BCUT2D eigenvalue weighted by Crippen LogP contribution is 2.15. The molecule has 2 heterocycles. The van der Waals surface area contributed by atoms with E-state index in [1.165, 1.54) is 0 Å². The number of benzene rings is 1. The average Bonchev–Trinajstić information content (AvgIpc) is 3.40. The third-order valence-electron chi connectivity index (χ3n) is 4.33. The molecule has 0 aliphatic rings. The van der Waals surface area contributed by atoms with Crippen LogP contribution in [0.5, 0.6) is 5.75 Å². The zero-order valence-electron chi connectivity index (χ0n) is 15.9. The van der Waals surface area contributed by atoms with E-state index in [1.54, 1.807) is 36.8 Å². The smallest absolute Gasteiger partial charge is 0.162 e. The summed E-state index contributed by atoms with van der Waals surface area (Å²) in [6.45, 7) is 3.49. The van der Waals surface area contributed by atoms with Crippen LogP contribution in [0, 0.1) is 0 Å². The summed E-state index contributed by atoms with van der Waals surface area (Å²) in [5.41, 5.74) is 0.665. The molecule has 1 N–H and O–H groups in total. The van der Waals surface area contributed by atoms with Crippen LogP contribution in [0.1, 0.15) is 35.2 Å². The number of Topliss-reactive ketones (excluding diaryl/α,β-unsaturated/α-hetero) is 1. The molecular weight excluding hydrogens is 358 g/mol. The van der Waals surface area contributed by atoms with Gasteiger partial charge in [0.25, 0.3) is 0 Å². The summed E-state index contributed by atoms with van der Waals surface area (Å²) in [5, 5.41) is 10.4. The number of nitrogens with zero attached hydrogens (tertiary/aromatic N) is 1. The third-order valence-corrected chi connectivity index (χ3v) is 4.33. The molecule has 0 bridgehead atoms. The Kier molecular flexibility index (Phi) is 7.06. The molecule has 1 aromatic carbocycles. The predicted molar refractivity (Wildman–Crippen MR) is 104 cm³/mol. The molecule has 0 amide bonds. The monoisotopic (exact) mass is 383 g/mol. The number of ether oxygens (including phenoxy) is 1. The first-order valence-corrected chi connectivity index (χ1v) is 9.35. The minimum Gasteiger partial charge on any atom is -0.491 e. The van der Waals surface area contributed by atoms with Crippen LogP contribution in [0.15, 0.2) is 69.9 Å². The summed E-state index contributed by atoms with van der Waals surface area (Å²) in [5.74, 6) is 2.35. The second-order valence-electron chi connectivity index (χ2n) is 6.59. The molecule has 0 aliphatic carbocycles. The molecule has 0 saturated heterocycles. The first kappa shape index (κ1) is 19.9. The van der Waals surface area contributed by atoms with Crippen molar-refractivity contribution in [3.63, 3.8) is 0 Å². The molecule has 0 fully saturated rings. The molecule has 148 valence electrons. The summed E-state index contributed by atoms with van der Waals surface area (Å²) < 4.78 is 16.5. The predicted octanol–water partition coefficient (Wildman–Crippen LogP) is 3.91. The van der Waals surface area contributed by atoms with Crippen LogP contribution in [0.2, 0.25) is 0 Å². The number of ketones is 1. The number of hydrogen-bond donors (Lipinski definition) is 1. The number of aliphatic hydroxyl groups is 1. The van der Waals surface area contributed by atoms with Crippen LogP contribution in [-0.2, 0) is 13.1 Å². The van der Waals surface area contributed by atoms with E-state index in [9.17, 15) is 9.90 Å². The highest BCUT2D eigenvalue weighted by atomic mass is 16.5. The number of hydrogen-bond acceptors (Lipinski definition) is 6. The quantitative estimate of drug-likeness (QED) is 0.506. The lowest BCUT2D eigenvalue weighted by atomic mass is 10.1. The Hall–Kier alpha value is -2.83. The summed E-state index contributed by atoms with van der Waals surface area (Å²) in [6.07, 6.45) is 3.04. The second kappa shape index (κ2) is 9.92. The number of furan rings is 2. The van der Waals surface area contributed by atoms with Crippen LogP contribution in [0.3, 0.4) is 0 Å². The molecule has 0 saturated carbocycles. The Morgan fingerprint density at radius 2 is 1.64 bits per heavy atom. The lowest BCUT2D eigenvalue weighted by Gasteiger charge is -2.23. The zero-order valence-corrected chi connectivity index (χ0v) is 15.9. The van der Waals surface area contributed by atoms with Gasteiger partial charge in [0, 0.05) is 18.5 Å². The Balaban J connectivity index is 1.53. The molecule has 1 atom stereocenters. The Morgan fingerprint density at radius 1 is 1.04 bits per heavy atom. The number of carbonyl (C=O) groups excluding carboxylic acids is 1. The molecule has 6 heteroatoms. The molecule has 2 aromatic heterocycles. The highest BCUT2D eigenvalue weighted by molar-refractivity contribution is 5.95. The van der Waals surface area contributed by atoms with Gasteiger partial charge in [-0.3, -0.25) is 9.69 Å². The fourth-order valence-electron chi connectivity index (χ4n) is 2.92. The van der Waals surface area contributed by atoms with Crippen LogP contribution in [0.4, 0.5) is 0 Å². The summed E-state index contributed by atoms with van der Waals surface area (Å²) >= 11 is 0. The summed E-state index contributed by atoms with van der Waals surface area (Å²) in [6, 6.07) is 14.5. The highest BCUT2D eigenvalue weighted by Gasteiger charge is 2.16. The van der Waals surface area contributed by atoms with Gasteiger partial charge < -0.3 is 18.7 Å². The van der Waals surface area contributed by atoms with Crippen molar-refractivity contribution < 1.29 is 23.5 Å². The second-order valence-corrected chi connectivity index (χ2v) is 6.59. The van der Waals surface area contributed by atoms with Crippen LogP contribution in [0.25, 0.3) is 0 Å². The van der Waals surface area contributed by atoms with E-state index in [-0.39, 0.29) is 12.4 Å². The number of carbonyl (C=O) groups is 1. The van der Waals surface area contributed by atoms with Crippen molar-refractivity contribution >= 4 is 5.78 Å². The van der Waals surface area contributed by atoms with Crippen molar-refractivity contribution in [2.24, 2.45) is 0 Å². The Morgan fingerprint density at radius 3 is 2.14 bits per heavy atom. The van der Waals surface area contributed by atoms with Crippen LogP contribution in [-0.4, -0.2) is 35.0 Å². The van der Waals surface area contributed by atoms with Crippen LogP contribution < -0.4 is 4.74 Å². The zero-order chi connectivity index (χ0) is 19.8. The molecule has 3 rings (SSSR count). The maximum Gasteiger partial charge on any atom is 0.162 e. The maximum atomic E-state index is 11.7. The molecule has 0 aliphatic heterocycles. The molecule has 28 heavy (non-hydrogen) atoms. The Labute approximate surface area is 164 Å². The van der Waals surface area contributed by atoms with Gasteiger partial charge in [-0.15, -0.1) is 0 Å². The summed E-state index contributed by atoms with van der Waals surface area (Å²) in [7, 11) is 0. The maximum absolute atomic E-state index is 11.7. The topological polar surface area (TPSA) is 76.1 Å². The van der Waals surface area contributed by atoms with E-state index < -0.39 is 6.10 Å². The minimum atomic E-state index is -0.693. The molecular formula is C22H25NO5. The van der Waals surface area contributed by atoms with Gasteiger partial charge in [-0.25, -0.2) is 0 Å². The fraction of sp³-hybridized carbons (Fsp3) is 0.318. The van der Waals surface area contributed by atoms with Gasteiger partial charge in [0.1, 0.15) is 30.0 Å². The van der Waals surface area contributed by atoms with E-state index in [4.69, 9.17) is 13.6 Å². The molecule has 3 aromatic rings. The van der Waals surface area contributed by atoms with E-state index in [0.717, 1.165) is 11.5 Å². The van der Waals surface area contributed by atoms with Crippen molar-refractivity contribution in [2.75, 3.05) is 13.2 Å². The van der Waals surface area contributed by atoms with Crippen LogP contribution >= 0.6 is 0 Å². The van der Waals surface area contributed by atoms with E-state index in [2.05, 4.69) is 0 Å². The fourth-order valence-corrected chi connectivity index (χ4v) is 2.92. The molecule has 1 unspecified atom stereocenters. The first-order valence-electron chi connectivity index (χ1n) is 9.35. The standard InChI is InChI=1S/C22H25NO5/c1-2-22(25)17-7-9-19(10-8-17)28-16-18(24)13-23(14-20-5-3-11-26-20)15-21-6-4-12-27-21/h3-12,18,24H,2,13-16H2,1H3. The largest absolute Gasteiger partial charge is 0.491 e. The van der Waals surface area contributed by atoms with Crippen molar-refractivity contribution in [1.29, 1.82) is 0 Å². The number of rotatable bonds is 11. The third kappa shape index (κ3) is 5.84.